The van der Waals surface area contributed by atoms with Crippen molar-refractivity contribution in [2.45, 2.75) is 12.8 Å². The van der Waals surface area contributed by atoms with Crippen molar-refractivity contribution in [1.82, 2.24) is 4.98 Å². The van der Waals surface area contributed by atoms with Crippen LogP contribution in [0.5, 0.6) is 0 Å². The summed E-state index contributed by atoms with van der Waals surface area (Å²) < 4.78 is 0. The smallest absolute Gasteiger partial charge is 0.339 e. The average Bonchev–Trinajstić information content (AvgIpc) is 3.16. The zero-order valence-corrected chi connectivity index (χ0v) is 10.00. The first kappa shape index (κ1) is 13.2. The molecule has 3 N–H and O–H groups in total. The van der Waals surface area contributed by atoms with Crippen molar-refractivity contribution in [2.24, 2.45) is 5.41 Å². The summed E-state index contributed by atoms with van der Waals surface area (Å²) in [6.07, 6.45) is 2.74. The molecule has 1 aromatic heterocycles. The van der Waals surface area contributed by atoms with Crippen LogP contribution in [0, 0.1) is 15.5 Å². The number of carbonyl (C=O) groups is 1. The number of nitrogens with zero attached hydrogens (tertiary/aromatic N) is 2. The van der Waals surface area contributed by atoms with E-state index in [-0.39, 0.29) is 29.1 Å². The highest BCUT2D eigenvalue weighted by Gasteiger charge is 2.42. The lowest BCUT2D eigenvalue weighted by Gasteiger charge is -2.14. The summed E-state index contributed by atoms with van der Waals surface area (Å²) >= 11 is 0. The minimum absolute atomic E-state index is 0.0232. The van der Waals surface area contributed by atoms with Gasteiger partial charge in [-0.25, -0.2) is 9.78 Å². The predicted molar refractivity (Wildman–Crippen MR) is 65.1 cm³/mol. The third-order valence-electron chi connectivity index (χ3n) is 3.24. The number of carboxylic acid groups (broad SMARTS) is 1. The fraction of sp³-hybridized carbons (Fsp3) is 0.455. The zero-order chi connectivity index (χ0) is 14.0. The minimum Gasteiger partial charge on any atom is -0.478 e. The van der Waals surface area contributed by atoms with Crippen LogP contribution in [0.3, 0.4) is 0 Å². The topological polar surface area (TPSA) is 126 Å². The van der Waals surface area contributed by atoms with Gasteiger partial charge in [0.1, 0.15) is 17.6 Å². The number of pyridine rings is 1. The van der Waals surface area contributed by atoms with Crippen LogP contribution in [0.25, 0.3) is 0 Å². The molecule has 0 amide bonds. The van der Waals surface area contributed by atoms with Crippen LogP contribution in [0.4, 0.5) is 11.5 Å². The summed E-state index contributed by atoms with van der Waals surface area (Å²) in [7, 11) is 0. The third kappa shape index (κ3) is 2.79. The minimum atomic E-state index is -1.28. The van der Waals surface area contributed by atoms with Gasteiger partial charge in [0.25, 0.3) is 5.69 Å². The van der Waals surface area contributed by atoms with Gasteiger partial charge in [-0.3, -0.25) is 10.1 Å². The molecule has 1 aliphatic carbocycles. The van der Waals surface area contributed by atoms with Gasteiger partial charge in [-0.05, 0) is 12.8 Å². The maximum Gasteiger partial charge on any atom is 0.339 e. The van der Waals surface area contributed by atoms with E-state index in [9.17, 15) is 14.9 Å². The van der Waals surface area contributed by atoms with E-state index in [0.717, 1.165) is 25.1 Å². The van der Waals surface area contributed by atoms with E-state index >= 15 is 0 Å². The van der Waals surface area contributed by atoms with Crippen molar-refractivity contribution < 1.29 is 19.9 Å². The number of aliphatic hydroxyl groups is 1. The van der Waals surface area contributed by atoms with Crippen LogP contribution in [-0.4, -0.2) is 39.2 Å². The number of aliphatic hydroxyl groups excluding tert-OH is 1. The second-order valence-corrected chi connectivity index (χ2v) is 4.66. The highest BCUT2D eigenvalue weighted by Crippen LogP contribution is 2.45. The maximum absolute atomic E-state index is 11.1. The lowest BCUT2D eigenvalue weighted by Crippen LogP contribution is -2.21. The molecular formula is C11H13N3O5. The first-order chi connectivity index (χ1) is 8.97. The molecule has 0 aromatic carbocycles. The lowest BCUT2D eigenvalue weighted by molar-refractivity contribution is -0.385. The Balaban J connectivity index is 2.19. The Morgan fingerprint density at radius 1 is 1.58 bits per heavy atom. The van der Waals surface area contributed by atoms with Gasteiger partial charge in [0, 0.05) is 18.0 Å². The van der Waals surface area contributed by atoms with Crippen LogP contribution in [0.1, 0.15) is 23.2 Å². The molecule has 2 rings (SSSR count). The highest BCUT2D eigenvalue weighted by molar-refractivity contribution is 5.93. The van der Waals surface area contributed by atoms with Gasteiger partial charge in [0.15, 0.2) is 0 Å². The molecule has 1 heterocycles. The summed E-state index contributed by atoms with van der Waals surface area (Å²) in [5.41, 5.74) is -0.826. The molecule has 1 fully saturated rings. The molecule has 102 valence electrons. The first-order valence-corrected chi connectivity index (χ1v) is 5.70. The number of rotatable bonds is 6. The number of anilines is 1. The number of nitrogens with one attached hydrogen (secondary N) is 1. The average molecular weight is 267 g/mol. The molecule has 0 unspecified atom stereocenters. The Labute approximate surface area is 108 Å². The van der Waals surface area contributed by atoms with Crippen LogP contribution >= 0.6 is 0 Å². The van der Waals surface area contributed by atoms with Gasteiger partial charge < -0.3 is 15.5 Å². The van der Waals surface area contributed by atoms with Crippen molar-refractivity contribution in [1.29, 1.82) is 0 Å². The first-order valence-electron chi connectivity index (χ1n) is 5.70. The quantitative estimate of drug-likeness (QED) is 0.515. The van der Waals surface area contributed by atoms with Gasteiger partial charge in [-0.15, -0.1) is 0 Å². The van der Waals surface area contributed by atoms with E-state index in [1.54, 1.807) is 0 Å². The molecule has 0 atom stereocenters. The summed E-state index contributed by atoms with van der Waals surface area (Å²) in [4.78, 5) is 24.7. The molecule has 0 radical (unpaired) electrons. The predicted octanol–water partition coefficient (Wildman–Crippen LogP) is 0.872. The molecule has 0 saturated heterocycles. The Morgan fingerprint density at radius 2 is 2.26 bits per heavy atom. The second kappa shape index (κ2) is 4.81. The summed E-state index contributed by atoms with van der Waals surface area (Å²) in [5.74, 6) is -1.20. The van der Waals surface area contributed by atoms with E-state index < -0.39 is 10.9 Å². The van der Waals surface area contributed by atoms with Crippen molar-refractivity contribution >= 4 is 17.5 Å². The molecule has 1 aliphatic rings. The number of carboxylic acids is 1. The molecule has 8 heteroatoms. The van der Waals surface area contributed by atoms with Crippen molar-refractivity contribution in [3.05, 3.63) is 27.9 Å². The molecule has 1 aromatic rings. The van der Waals surface area contributed by atoms with Crippen LogP contribution < -0.4 is 5.32 Å². The van der Waals surface area contributed by atoms with Gasteiger partial charge in [-0.1, -0.05) is 0 Å². The van der Waals surface area contributed by atoms with Gasteiger partial charge in [-0.2, -0.15) is 0 Å². The van der Waals surface area contributed by atoms with E-state index in [1.807, 2.05) is 0 Å². The fourth-order valence-corrected chi connectivity index (χ4v) is 1.70. The van der Waals surface area contributed by atoms with E-state index in [4.69, 9.17) is 10.2 Å². The van der Waals surface area contributed by atoms with E-state index in [0.29, 0.717) is 6.54 Å². The van der Waals surface area contributed by atoms with Crippen LogP contribution in [0.2, 0.25) is 0 Å². The monoisotopic (exact) mass is 267 g/mol. The number of nitro groups is 1. The molecule has 0 aliphatic heterocycles. The Hall–Kier alpha value is -2.22. The van der Waals surface area contributed by atoms with Crippen molar-refractivity contribution in [3.8, 4) is 0 Å². The van der Waals surface area contributed by atoms with Crippen LogP contribution in [0.15, 0.2) is 12.3 Å². The SMILES string of the molecule is O=C(O)c1cc([N+](=O)[O-])cnc1NCC1(CO)CC1. The normalized spacial score (nSPS) is 15.8. The molecule has 0 spiro atoms. The molecule has 0 bridgehead atoms. The number of aromatic carboxylic acids is 1. The van der Waals surface area contributed by atoms with Crippen molar-refractivity contribution in [3.63, 3.8) is 0 Å². The fourth-order valence-electron chi connectivity index (χ4n) is 1.70. The van der Waals surface area contributed by atoms with E-state index in [2.05, 4.69) is 10.3 Å². The Morgan fingerprint density at radius 3 is 2.74 bits per heavy atom. The maximum atomic E-state index is 11.1. The lowest BCUT2D eigenvalue weighted by atomic mass is 10.1. The number of hydrogen-bond acceptors (Lipinski definition) is 6. The Bertz CT molecular complexity index is 527. The zero-order valence-electron chi connectivity index (χ0n) is 10.00. The molecular weight excluding hydrogens is 254 g/mol. The largest absolute Gasteiger partial charge is 0.478 e. The van der Waals surface area contributed by atoms with E-state index in [1.165, 1.54) is 0 Å². The van der Waals surface area contributed by atoms with Crippen molar-refractivity contribution in [2.75, 3.05) is 18.5 Å². The summed E-state index contributed by atoms with van der Waals surface area (Å²) in [6, 6.07) is 0.968. The molecule has 1 saturated carbocycles. The molecule has 19 heavy (non-hydrogen) atoms. The van der Waals surface area contributed by atoms with Gasteiger partial charge in [0.2, 0.25) is 0 Å². The standard InChI is InChI=1S/C11H13N3O5/c15-6-11(1-2-11)5-13-9-8(10(16)17)3-7(4-12-9)14(18)19/h3-4,15H,1-2,5-6H2,(H,12,13)(H,16,17). The third-order valence-corrected chi connectivity index (χ3v) is 3.24. The van der Waals surface area contributed by atoms with Crippen LogP contribution in [-0.2, 0) is 0 Å². The molecule has 8 nitrogen and oxygen atoms in total. The summed E-state index contributed by atoms with van der Waals surface area (Å²) in [5, 5.41) is 31.6. The number of aromatic nitrogens is 1. The highest BCUT2D eigenvalue weighted by atomic mass is 16.6. The number of hydrogen-bond donors (Lipinski definition) is 3. The van der Waals surface area contributed by atoms with Gasteiger partial charge >= 0.3 is 5.97 Å². The van der Waals surface area contributed by atoms with Gasteiger partial charge in [0.05, 0.1) is 11.5 Å². The second-order valence-electron chi connectivity index (χ2n) is 4.66. The Kier molecular flexibility index (Phi) is 3.34. The summed E-state index contributed by atoms with van der Waals surface area (Å²) in [6.45, 7) is 0.421.